The first-order valence-corrected chi connectivity index (χ1v) is 5.17. The minimum atomic E-state index is -0.125. The number of hydrogen-bond acceptors (Lipinski definition) is 4. The lowest BCUT2D eigenvalue weighted by Crippen LogP contribution is -1.83. The van der Waals surface area contributed by atoms with Crippen LogP contribution in [0.2, 0.25) is 4.34 Å². The molecule has 1 N–H and O–H groups in total. The van der Waals surface area contributed by atoms with E-state index in [9.17, 15) is 0 Å². The molecule has 0 fully saturated rings. The van der Waals surface area contributed by atoms with Crippen molar-refractivity contribution in [2.45, 2.75) is 6.61 Å². The Labute approximate surface area is 90.0 Å². The summed E-state index contributed by atoms with van der Waals surface area (Å²) < 4.78 is 0.541. The highest BCUT2D eigenvalue weighted by atomic mass is 35.5. The van der Waals surface area contributed by atoms with Crippen molar-refractivity contribution >= 4 is 22.9 Å². The highest BCUT2D eigenvalue weighted by molar-refractivity contribution is 7.19. The van der Waals surface area contributed by atoms with Gasteiger partial charge in [-0.2, -0.15) is 0 Å². The van der Waals surface area contributed by atoms with Crippen molar-refractivity contribution in [2.75, 3.05) is 0 Å². The van der Waals surface area contributed by atoms with E-state index in [1.807, 2.05) is 12.1 Å². The molecule has 0 saturated carbocycles. The van der Waals surface area contributed by atoms with Gasteiger partial charge in [0, 0.05) is 18.0 Å². The van der Waals surface area contributed by atoms with Crippen molar-refractivity contribution in [3.63, 3.8) is 0 Å². The molecule has 0 bridgehead atoms. The maximum Gasteiger partial charge on any atom is 0.125 e. The Morgan fingerprint density at radius 3 is 2.64 bits per heavy atom. The molecule has 3 nitrogen and oxygen atoms in total. The van der Waals surface area contributed by atoms with E-state index in [0.29, 0.717) is 10.0 Å². The van der Waals surface area contributed by atoms with Gasteiger partial charge < -0.3 is 5.11 Å². The Hall–Kier alpha value is -0.970. The quantitative estimate of drug-likeness (QED) is 0.855. The molecule has 0 saturated heterocycles. The Balaban J connectivity index is 2.43. The molecule has 0 aliphatic heterocycles. The summed E-state index contributed by atoms with van der Waals surface area (Å²) >= 11 is 7.23. The number of halogens is 1. The first-order valence-electron chi connectivity index (χ1n) is 3.97. The molecule has 2 aromatic heterocycles. The van der Waals surface area contributed by atoms with Crippen molar-refractivity contribution in [3.8, 4) is 10.6 Å². The number of aromatic nitrogens is 2. The first kappa shape index (κ1) is 9.58. The summed E-state index contributed by atoms with van der Waals surface area (Å²) in [5.41, 5.74) is 1.50. The molecule has 0 radical (unpaired) electrons. The lowest BCUT2D eigenvalue weighted by molar-refractivity contribution is 0.278. The number of aliphatic hydroxyl groups is 1. The molecule has 72 valence electrons. The minimum absolute atomic E-state index is 0.125. The van der Waals surface area contributed by atoms with Gasteiger partial charge in [-0.1, -0.05) is 11.6 Å². The molecule has 2 heterocycles. The van der Waals surface area contributed by atoms with Crippen molar-refractivity contribution in [1.82, 2.24) is 9.97 Å². The average Bonchev–Trinajstić information content (AvgIpc) is 2.61. The van der Waals surface area contributed by atoms with E-state index in [0.717, 1.165) is 10.6 Å². The summed E-state index contributed by atoms with van der Waals surface area (Å²) in [6.45, 7) is -0.125. The third kappa shape index (κ3) is 1.77. The van der Waals surface area contributed by atoms with Gasteiger partial charge in [0.25, 0.3) is 0 Å². The topological polar surface area (TPSA) is 46.0 Å². The summed E-state index contributed by atoms with van der Waals surface area (Å²) in [5, 5.41) is 9.73. The third-order valence-corrected chi connectivity index (χ3v) is 3.11. The van der Waals surface area contributed by atoms with Crippen LogP contribution < -0.4 is 0 Å². The number of pyridine rings is 1. The normalized spacial score (nSPS) is 10.4. The maximum atomic E-state index is 8.93. The van der Waals surface area contributed by atoms with Crippen molar-refractivity contribution in [2.24, 2.45) is 0 Å². The van der Waals surface area contributed by atoms with Gasteiger partial charge in [0.05, 0.1) is 12.3 Å². The van der Waals surface area contributed by atoms with Gasteiger partial charge >= 0.3 is 0 Å². The molecule has 0 spiro atoms. The number of aliphatic hydroxyl groups excluding tert-OH is 1. The molecule has 5 heteroatoms. The maximum absolute atomic E-state index is 8.93. The van der Waals surface area contributed by atoms with Crippen LogP contribution in [0.3, 0.4) is 0 Å². The molecule has 2 aromatic rings. The van der Waals surface area contributed by atoms with Crippen LogP contribution in [0.5, 0.6) is 0 Å². The van der Waals surface area contributed by atoms with E-state index in [1.165, 1.54) is 11.3 Å². The van der Waals surface area contributed by atoms with Gasteiger partial charge in [-0.3, -0.25) is 4.98 Å². The van der Waals surface area contributed by atoms with Crippen molar-refractivity contribution in [1.29, 1.82) is 0 Å². The fourth-order valence-electron chi connectivity index (χ4n) is 1.05. The Morgan fingerprint density at radius 1 is 1.36 bits per heavy atom. The van der Waals surface area contributed by atoms with Crippen LogP contribution in [0, 0.1) is 0 Å². The van der Waals surface area contributed by atoms with Crippen molar-refractivity contribution in [3.05, 3.63) is 34.6 Å². The SMILES string of the molecule is OCc1nc(-c2ccncc2)sc1Cl. The number of rotatable bonds is 2. The molecule has 0 amide bonds. The summed E-state index contributed by atoms with van der Waals surface area (Å²) in [6, 6.07) is 3.71. The molecule has 0 aliphatic carbocycles. The van der Waals surface area contributed by atoms with Crippen LogP contribution in [0.15, 0.2) is 24.5 Å². The van der Waals surface area contributed by atoms with Crippen LogP contribution in [-0.4, -0.2) is 15.1 Å². The van der Waals surface area contributed by atoms with Gasteiger partial charge in [0.1, 0.15) is 9.34 Å². The van der Waals surface area contributed by atoms with Crippen molar-refractivity contribution < 1.29 is 5.11 Å². The van der Waals surface area contributed by atoms with Crippen LogP contribution in [0.1, 0.15) is 5.69 Å². The largest absolute Gasteiger partial charge is 0.390 e. The van der Waals surface area contributed by atoms with E-state index in [-0.39, 0.29) is 6.61 Å². The fraction of sp³-hybridized carbons (Fsp3) is 0.111. The van der Waals surface area contributed by atoms with E-state index in [2.05, 4.69) is 9.97 Å². The second kappa shape index (κ2) is 4.04. The smallest absolute Gasteiger partial charge is 0.125 e. The molecule has 0 unspecified atom stereocenters. The van der Waals surface area contributed by atoms with Gasteiger partial charge in [-0.15, -0.1) is 11.3 Å². The Morgan fingerprint density at radius 2 is 2.07 bits per heavy atom. The molecule has 0 aromatic carbocycles. The molecule has 0 atom stereocenters. The summed E-state index contributed by atoms with van der Waals surface area (Å²) in [4.78, 5) is 8.12. The lowest BCUT2D eigenvalue weighted by atomic mass is 10.3. The van der Waals surface area contributed by atoms with Gasteiger partial charge in [0.15, 0.2) is 0 Å². The molecule has 2 rings (SSSR count). The summed E-state index contributed by atoms with van der Waals surface area (Å²) in [7, 11) is 0. The van der Waals surface area contributed by atoms with E-state index < -0.39 is 0 Å². The lowest BCUT2D eigenvalue weighted by Gasteiger charge is -1.92. The molecular weight excluding hydrogens is 220 g/mol. The van der Waals surface area contributed by atoms with E-state index in [4.69, 9.17) is 16.7 Å². The fourth-order valence-corrected chi connectivity index (χ4v) is 2.18. The monoisotopic (exact) mass is 226 g/mol. The average molecular weight is 227 g/mol. The second-order valence-electron chi connectivity index (χ2n) is 2.63. The number of hydrogen-bond donors (Lipinski definition) is 1. The summed E-state index contributed by atoms with van der Waals surface area (Å²) in [6.07, 6.45) is 3.40. The number of nitrogens with zero attached hydrogens (tertiary/aromatic N) is 2. The van der Waals surface area contributed by atoms with Crippen LogP contribution in [-0.2, 0) is 6.61 Å². The van der Waals surface area contributed by atoms with E-state index >= 15 is 0 Å². The second-order valence-corrected chi connectivity index (χ2v) is 4.23. The highest BCUT2D eigenvalue weighted by Crippen LogP contribution is 2.31. The van der Waals surface area contributed by atoms with Crippen LogP contribution >= 0.6 is 22.9 Å². The van der Waals surface area contributed by atoms with Gasteiger partial charge in [-0.25, -0.2) is 4.98 Å². The molecule has 14 heavy (non-hydrogen) atoms. The predicted molar refractivity (Wildman–Crippen MR) is 56.3 cm³/mol. The third-order valence-electron chi connectivity index (χ3n) is 1.73. The number of thiazole rings is 1. The first-order chi connectivity index (χ1) is 6.81. The van der Waals surface area contributed by atoms with Gasteiger partial charge in [0.2, 0.25) is 0 Å². The van der Waals surface area contributed by atoms with Gasteiger partial charge in [-0.05, 0) is 12.1 Å². The Kier molecular flexibility index (Phi) is 2.77. The zero-order chi connectivity index (χ0) is 9.97. The highest BCUT2D eigenvalue weighted by Gasteiger charge is 2.09. The zero-order valence-electron chi connectivity index (χ0n) is 7.14. The van der Waals surface area contributed by atoms with Crippen LogP contribution in [0.4, 0.5) is 0 Å². The predicted octanol–water partition coefficient (Wildman–Crippen LogP) is 2.35. The zero-order valence-corrected chi connectivity index (χ0v) is 8.72. The minimum Gasteiger partial charge on any atom is -0.390 e. The standard InChI is InChI=1S/C9H7ClN2OS/c10-8-7(5-13)12-9(14-8)6-1-3-11-4-2-6/h1-4,13H,5H2. The molecule has 0 aliphatic rings. The van der Waals surface area contributed by atoms with E-state index in [1.54, 1.807) is 12.4 Å². The summed E-state index contributed by atoms with van der Waals surface area (Å²) in [5.74, 6) is 0. The molecular formula is C9H7ClN2OS. The van der Waals surface area contributed by atoms with Crippen LogP contribution in [0.25, 0.3) is 10.6 Å². The Bertz CT molecular complexity index is 430.